The lowest BCUT2D eigenvalue weighted by Crippen LogP contribution is -2.31. The zero-order chi connectivity index (χ0) is 17.1. The second-order valence-electron chi connectivity index (χ2n) is 6.02. The fourth-order valence-corrected chi connectivity index (χ4v) is 2.78. The molecule has 8 heteroatoms. The van der Waals surface area contributed by atoms with Crippen LogP contribution in [-0.4, -0.2) is 40.5 Å². The van der Waals surface area contributed by atoms with Crippen molar-refractivity contribution >= 4 is 11.6 Å². The van der Waals surface area contributed by atoms with Gasteiger partial charge >= 0.3 is 0 Å². The van der Waals surface area contributed by atoms with Gasteiger partial charge in [-0.15, -0.1) is 0 Å². The molecule has 0 radical (unpaired) electrons. The second-order valence-corrected chi connectivity index (χ2v) is 6.02. The van der Waals surface area contributed by atoms with Crippen molar-refractivity contribution in [3.63, 3.8) is 0 Å². The molecule has 2 aromatic heterocycles. The van der Waals surface area contributed by atoms with Crippen LogP contribution in [0, 0.1) is 5.92 Å². The van der Waals surface area contributed by atoms with Gasteiger partial charge in [0.05, 0.1) is 17.6 Å². The molecule has 0 saturated carbocycles. The summed E-state index contributed by atoms with van der Waals surface area (Å²) in [7, 11) is 1.63. The van der Waals surface area contributed by atoms with Gasteiger partial charge in [-0.25, -0.2) is 4.68 Å². The van der Waals surface area contributed by atoms with Crippen molar-refractivity contribution in [2.24, 2.45) is 13.0 Å². The lowest BCUT2D eigenvalue weighted by molar-refractivity contribution is 0.0911. The normalized spacial score (nSPS) is 17.2. The Morgan fingerprint density at radius 1 is 1.46 bits per heavy atom. The highest BCUT2D eigenvalue weighted by molar-refractivity contribution is 5.91. The predicted octanol–water partition coefficient (Wildman–Crippen LogP) is 0.587. The number of carbonyl (C=O) groups excluding carboxylic acids is 1. The summed E-state index contributed by atoms with van der Waals surface area (Å²) in [4.78, 5) is 25.8. The monoisotopic (exact) mass is 331 g/mol. The number of aryl methyl sites for hydroxylation is 2. The third-order valence-corrected chi connectivity index (χ3v) is 4.30. The molecule has 3 heterocycles. The molecule has 24 heavy (non-hydrogen) atoms. The number of hydrogen-bond acceptors (Lipinski definition) is 6. The quantitative estimate of drug-likeness (QED) is 0.862. The summed E-state index contributed by atoms with van der Waals surface area (Å²) in [5.41, 5.74) is 1.47. The summed E-state index contributed by atoms with van der Waals surface area (Å²) in [6, 6.07) is 3.26. The Morgan fingerprint density at radius 2 is 2.29 bits per heavy atom. The Morgan fingerprint density at radius 3 is 3.00 bits per heavy atom. The highest BCUT2D eigenvalue weighted by atomic mass is 16.5. The summed E-state index contributed by atoms with van der Waals surface area (Å²) < 4.78 is 6.33. The minimum Gasteiger partial charge on any atom is -0.370 e. The molecule has 1 fully saturated rings. The third-order valence-electron chi connectivity index (χ3n) is 4.30. The van der Waals surface area contributed by atoms with E-state index in [1.54, 1.807) is 25.4 Å². The average Bonchev–Trinajstić information content (AvgIpc) is 3.24. The number of hydrogen-bond donors (Lipinski definition) is 1. The van der Waals surface area contributed by atoms with Gasteiger partial charge in [-0.05, 0) is 18.8 Å². The molecule has 1 aliphatic rings. The number of aromatic nitrogens is 3. The number of nitrogens with zero attached hydrogens (tertiary/aromatic N) is 4. The van der Waals surface area contributed by atoms with Crippen molar-refractivity contribution in [2.75, 3.05) is 24.5 Å². The largest absolute Gasteiger partial charge is 0.370 e. The highest BCUT2D eigenvalue weighted by Crippen LogP contribution is 2.21. The van der Waals surface area contributed by atoms with Gasteiger partial charge in [0.25, 0.3) is 11.5 Å². The first-order valence-corrected chi connectivity index (χ1v) is 8.09. The van der Waals surface area contributed by atoms with Crippen LogP contribution in [0.4, 0.5) is 5.69 Å². The first-order chi connectivity index (χ1) is 11.6. The summed E-state index contributed by atoms with van der Waals surface area (Å²) in [6.45, 7) is 4.15. The Bertz CT molecular complexity index is 782. The topological polar surface area (TPSA) is 93.3 Å². The molecular formula is C16H21N5O3. The van der Waals surface area contributed by atoms with E-state index in [-0.39, 0.29) is 17.2 Å². The molecule has 0 spiro atoms. The van der Waals surface area contributed by atoms with Gasteiger partial charge < -0.3 is 14.7 Å². The zero-order valence-corrected chi connectivity index (χ0v) is 13.9. The maximum absolute atomic E-state index is 12.1. The third kappa shape index (κ3) is 3.47. The molecule has 2 aromatic rings. The van der Waals surface area contributed by atoms with Gasteiger partial charge in [0.2, 0.25) is 5.76 Å². The van der Waals surface area contributed by atoms with E-state index in [0.717, 1.165) is 37.3 Å². The average molecular weight is 331 g/mol. The Kier molecular flexibility index (Phi) is 4.64. The Balaban J connectivity index is 1.53. The van der Waals surface area contributed by atoms with Gasteiger partial charge in [-0.1, -0.05) is 12.1 Å². The number of nitrogens with one attached hydrogen (secondary N) is 1. The predicted molar refractivity (Wildman–Crippen MR) is 88.0 cm³/mol. The van der Waals surface area contributed by atoms with E-state index in [9.17, 15) is 9.59 Å². The van der Waals surface area contributed by atoms with Crippen LogP contribution in [0.5, 0.6) is 0 Å². The molecule has 0 aromatic carbocycles. The first-order valence-electron chi connectivity index (χ1n) is 8.09. The molecule has 1 aliphatic heterocycles. The van der Waals surface area contributed by atoms with Crippen LogP contribution in [0.1, 0.15) is 29.6 Å². The van der Waals surface area contributed by atoms with Crippen molar-refractivity contribution in [1.29, 1.82) is 0 Å². The van der Waals surface area contributed by atoms with Crippen LogP contribution < -0.4 is 15.8 Å². The molecule has 1 N–H and O–H groups in total. The molecule has 1 atom stereocenters. The molecule has 0 bridgehead atoms. The van der Waals surface area contributed by atoms with Gasteiger partial charge in [-0.2, -0.15) is 5.10 Å². The van der Waals surface area contributed by atoms with E-state index >= 15 is 0 Å². The fraction of sp³-hybridized carbons (Fsp3) is 0.500. The van der Waals surface area contributed by atoms with Gasteiger partial charge in [0.1, 0.15) is 0 Å². The maximum Gasteiger partial charge on any atom is 0.289 e. The molecular weight excluding hydrogens is 310 g/mol. The van der Waals surface area contributed by atoms with Crippen molar-refractivity contribution in [3.8, 4) is 0 Å². The van der Waals surface area contributed by atoms with E-state index < -0.39 is 0 Å². The van der Waals surface area contributed by atoms with Gasteiger partial charge in [0.15, 0.2) is 0 Å². The first kappa shape index (κ1) is 16.2. The van der Waals surface area contributed by atoms with Crippen molar-refractivity contribution in [1.82, 2.24) is 20.3 Å². The maximum atomic E-state index is 12.1. The summed E-state index contributed by atoms with van der Waals surface area (Å²) >= 11 is 0. The summed E-state index contributed by atoms with van der Waals surface area (Å²) in [5, 5.41) is 10.8. The smallest absolute Gasteiger partial charge is 0.289 e. The zero-order valence-electron chi connectivity index (χ0n) is 13.9. The van der Waals surface area contributed by atoms with Crippen LogP contribution in [0.2, 0.25) is 0 Å². The van der Waals surface area contributed by atoms with Crippen LogP contribution in [0.3, 0.4) is 0 Å². The lowest BCUT2D eigenvalue weighted by Gasteiger charge is -2.18. The minimum absolute atomic E-state index is 0.124. The highest BCUT2D eigenvalue weighted by Gasteiger charge is 2.24. The Hall–Kier alpha value is -2.64. The number of carbonyl (C=O) groups is 1. The molecule has 8 nitrogen and oxygen atoms in total. The molecule has 3 rings (SSSR count). The minimum atomic E-state index is -0.240. The van der Waals surface area contributed by atoms with E-state index in [0.29, 0.717) is 12.5 Å². The number of rotatable bonds is 5. The number of anilines is 1. The van der Waals surface area contributed by atoms with E-state index in [2.05, 4.69) is 20.5 Å². The molecule has 1 saturated heterocycles. The van der Waals surface area contributed by atoms with Crippen molar-refractivity contribution in [2.45, 2.75) is 19.8 Å². The summed E-state index contributed by atoms with van der Waals surface area (Å²) in [6.07, 6.45) is 3.38. The van der Waals surface area contributed by atoms with Crippen LogP contribution in [-0.2, 0) is 13.5 Å². The number of amides is 1. The summed E-state index contributed by atoms with van der Waals surface area (Å²) in [5.74, 6) is 0.333. The Labute approximate surface area is 139 Å². The molecule has 128 valence electrons. The molecule has 0 unspecified atom stereocenters. The van der Waals surface area contributed by atoms with Gasteiger partial charge in [-0.3, -0.25) is 9.59 Å². The second kappa shape index (κ2) is 6.86. The standard InChI is InChI=1S/C16H21N5O3/c1-3-12-6-14(24-19-12)16(23)17-8-11-4-5-21(10-11)13-7-15(22)20(2)18-9-13/h6-7,9,11H,3-5,8,10H2,1-2H3,(H,17,23)/t11-/m0/s1. The molecule has 1 amide bonds. The van der Waals surface area contributed by atoms with E-state index in [1.165, 1.54) is 4.68 Å². The lowest BCUT2D eigenvalue weighted by atomic mass is 10.1. The van der Waals surface area contributed by atoms with Gasteiger partial charge in [0, 0.05) is 38.8 Å². The van der Waals surface area contributed by atoms with Crippen molar-refractivity contribution in [3.05, 3.63) is 40.1 Å². The van der Waals surface area contributed by atoms with Crippen LogP contribution in [0.15, 0.2) is 27.6 Å². The van der Waals surface area contributed by atoms with Crippen molar-refractivity contribution < 1.29 is 9.32 Å². The van der Waals surface area contributed by atoms with Crippen LogP contribution in [0.25, 0.3) is 0 Å². The van der Waals surface area contributed by atoms with E-state index in [4.69, 9.17) is 4.52 Å². The van der Waals surface area contributed by atoms with E-state index in [1.807, 2.05) is 6.92 Å². The van der Waals surface area contributed by atoms with Crippen LogP contribution >= 0.6 is 0 Å². The molecule has 0 aliphatic carbocycles. The SMILES string of the molecule is CCc1cc(C(=O)NC[C@@H]2CCN(c3cnn(C)c(=O)c3)C2)on1. The fourth-order valence-electron chi connectivity index (χ4n) is 2.78.